The number of carbonyl (C=O) groups is 2. The van der Waals surface area contributed by atoms with Crippen LogP contribution in [0.2, 0.25) is 0 Å². The number of hydrogen-bond acceptors (Lipinski definition) is 9. The summed E-state index contributed by atoms with van der Waals surface area (Å²) in [5, 5.41) is 13.3. The third-order valence-electron chi connectivity index (χ3n) is 18.2. The van der Waals surface area contributed by atoms with Crippen LogP contribution in [-0.2, 0) is 34.2 Å². The second kappa shape index (κ2) is 15.7. The smallest absolute Gasteiger partial charge is 0.309 e. The molecule has 5 aliphatic carbocycles. The van der Waals surface area contributed by atoms with Gasteiger partial charge in [0.1, 0.15) is 6.10 Å². The zero-order chi connectivity index (χ0) is 43.1. The van der Waals surface area contributed by atoms with Crippen molar-refractivity contribution in [2.75, 3.05) is 37.7 Å². The van der Waals surface area contributed by atoms with Crippen molar-refractivity contribution in [2.45, 2.75) is 163 Å². The van der Waals surface area contributed by atoms with Crippen LogP contribution in [0.1, 0.15) is 140 Å². The summed E-state index contributed by atoms with van der Waals surface area (Å²) < 4.78 is 59.8. The maximum absolute atomic E-state index is 13.2. The van der Waals surface area contributed by atoms with E-state index in [0.29, 0.717) is 49.2 Å². The maximum atomic E-state index is 13.2. The molecule has 58 heavy (non-hydrogen) atoms. The number of rotatable bonds is 13. The summed E-state index contributed by atoms with van der Waals surface area (Å²) in [5.41, 5.74) is 0.0600. The quantitative estimate of drug-likeness (QED) is 0.133. The van der Waals surface area contributed by atoms with Gasteiger partial charge < -0.3 is 15.2 Å². The zero-order valence-electron chi connectivity index (χ0n) is 37.4. The van der Waals surface area contributed by atoms with Gasteiger partial charge in [0, 0.05) is 43.2 Å². The van der Waals surface area contributed by atoms with Gasteiger partial charge in [-0.1, -0.05) is 46.8 Å². The van der Waals surface area contributed by atoms with E-state index < -0.39 is 42.5 Å². The summed E-state index contributed by atoms with van der Waals surface area (Å²) in [5.74, 6) is 0.998. The Balaban J connectivity index is 1.24. The minimum atomic E-state index is -3.49. The Bertz CT molecular complexity index is 1820. The fourth-order valence-corrected chi connectivity index (χ4v) is 16.4. The molecule has 11 nitrogen and oxygen atoms in total. The number of carboxylic acid groups (broad SMARTS) is 1. The van der Waals surface area contributed by atoms with Crippen molar-refractivity contribution in [3.63, 3.8) is 0 Å². The molecule has 0 radical (unpaired) electrons. The van der Waals surface area contributed by atoms with Crippen LogP contribution in [0.15, 0.2) is 12.2 Å². The first-order valence-corrected chi connectivity index (χ1v) is 25.8. The zero-order valence-corrected chi connectivity index (χ0v) is 39.0. The molecule has 0 amide bonds. The minimum Gasteiger partial charge on any atom is -0.481 e. The summed E-state index contributed by atoms with van der Waals surface area (Å²) in [4.78, 5) is 27.1. The molecule has 1 aliphatic heterocycles. The van der Waals surface area contributed by atoms with Crippen LogP contribution < -0.4 is 10.0 Å². The SMILES string of the molecule is C=C(C)[C@@H]1CC[C@]2(NC[C@H](CNS(=O)(=O)C(C)C)N3CCS(=O)(=O)CC3)CC[C@]3(C)[C@H](CC[C@@H]4[C@@]5(C)CC[C@H](OC(=O)CC(C)(C)C(=O)O)C(C)(C)[C@@H]5CC[C@]43C)[C@@H]12. The summed E-state index contributed by atoms with van der Waals surface area (Å²) in [6, 6.07) is -0.166. The van der Waals surface area contributed by atoms with Gasteiger partial charge in [0.05, 0.1) is 28.6 Å². The Morgan fingerprint density at radius 1 is 0.897 bits per heavy atom. The lowest BCUT2D eigenvalue weighted by molar-refractivity contribution is -0.246. The number of aliphatic carboxylic acids is 1. The molecule has 0 aromatic rings. The summed E-state index contributed by atoms with van der Waals surface area (Å²) in [6.07, 6.45) is 10.2. The number of carbonyl (C=O) groups excluding carboxylic acids is 1. The molecule has 0 unspecified atom stereocenters. The number of hydrogen-bond donors (Lipinski definition) is 3. The lowest BCUT2D eigenvalue weighted by atomic mass is 9.32. The van der Waals surface area contributed by atoms with Crippen LogP contribution in [0.3, 0.4) is 0 Å². The number of esters is 1. The highest BCUT2D eigenvalue weighted by molar-refractivity contribution is 7.91. The first kappa shape index (κ1) is 46.0. The van der Waals surface area contributed by atoms with Gasteiger partial charge in [0.15, 0.2) is 9.84 Å². The fraction of sp³-hybridized carbons (Fsp3) is 0.911. The molecule has 3 N–H and O–H groups in total. The fourth-order valence-electron chi connectivity index (χ4n) is 14.4. The van der Waals surface area contributed by atoms with E-state index >= 15 is 0 Å². The topological polar surface area (TPSA) is 159 Å². The Hall–Kier alpha value is -1.54. The van der Waals surface area contributed by atoms with Crippen LogP contribution in [-0.4, -0.2) is 99.4 Å². The van der Waals surface area contributed by atoms with E-state index in [-0.39, 0.29) is 63.8 Å². The molecule has 1 saturated heterocycles. The second-order valence-electron chi connectivity index (χ2n) is 22.2. The molecule has 6 fully saturated rings. The average molecular weight is 852 g/mol. The molecule has 6 rings (SSSR count). The van der Waals surface area contributed by atoms with E-state index in [0.717, 1.165) is 64.2 Å². The summed E-state index contributed by atoms with van der Waals surface area (Å²) in [6.45, 7) is 27.3. The monoisotopic (exact) mass is 852 g/mol. The Kier molecular flexibility index (Phi) is 12.4. The van der Waals surface area contributed by atoms with Crippen molar-refractivity contribution in [3.05, 3.63) is 12.2 Å². The Labute approximate surface area is 351 Å². The third kappa shape index (κ3) is 7.89. The van der Waals surface area contributed by atoms with Gasteiger partial charge in [-0.3, -0.25) is 14.5 Å². The van der Waals surface area contributed by atoms with Crippen molar-refractivity contribution in [1.82, 2.24) is 14.9 Å². The first-order chi connectivity index (χ1) is 26.7. The summed E-state index contributed by atoms with van der Waals surface area (Å²) in [7, 11) is -6.59. The molecule has 0 aromatic heterocycles. The largest absolute Gasteiger partial charge is 0.481 e. The third-order valence-corrected chi connectivity index (χ3v) is 21.6. The van der Waals surface area contributed by atoms with E-state index in [1.54, 1.807) is 27.7 Å². The number of sulfonamides is 1. The lowest BCUT2D eigenvalue weighted by Crippen LogP contribution is -2.69. The highest BCUT2D eigenvalue weighted by Crippen LogP contribution is 2.76. The van der Waals surface area contributed by atoms with Crippen molar-refractivity contribution >= 4 is 31.8 Å². The van der Waals surface area contributed by atoms with E-state index in [9.17, 15) is 31.5 Å². The summed E-state index contributed by atoms with van der Waals surface area (Å²) >= 11 is 0. The molecule has 0 spiro atoms. The molecule has 13 heteroatoms. The normalized spacial score (nSPS) is 40.4. The van der Waals surface area contributed by atoms with Crippen molar-refractivity contribution in [3.8, 4) is 0 Å². The average Bonchev–Trinajstić information content (AvgIpc) is 3.50. The number of nitrogens with one attached hydrogen (secondary N) is 2. The number of allylic oxidation sites excluding steroid dienone is 1. The molecule has 0 bridgehead atoms. The number of carboxylic acids is 1. The second-order valence-corrected chi connectivity index (χ2v) is 26.8. The van der Waals surface area contributed by atoms with Crippen molar-refractivity contribution in [2.24, 2.45) is 56.7 Å². The van der Waals surface area contributed by atoms with Gasteiger partial charge in [-0.25, -0.2) is 21.6 Å². The minimum absolute atomic E-state index is 0.0857. The molecule has 0 aromatic carbocycles. The van der Waals surface area contributed by atoms with Crippen molar-refractivity contribution < 1.29 is 36.3 Å². The molecular weight excluding hydrogens is 775 g/mol. The molecule has 1 heterocycles. The maximum Gasteiger partial charge on any atom is 0.309 e. The van der Waals surface area contributed by atoms with Crippen molar-refractivity contribution in [1.29, 1.82) is 0 Å². The van der Waals surface area contributed by atoms with Gasteiger partial charge >= 0.3 is 11.9 Å². The van der Waals surface area contributed by atoms with Gasteiger partial charge in [-0.15, -0.1) is 0 Å². The van der Waals surface area contributed by atoms with Crippen LogP contribution >= 0.6 is 0 Å². The Morgan fingerprint density at radius 2 is 1.55 bits per heavy atom. The number of sulfone groups is 1. The van der Waals surface area contributed by atoms with E-state index in [1.807, 2.05) is 0 Å². The predicted octanol–water partition coefficient (Wildman–Crippen LogP) is 6.83. The number of fused-ring (bicyclic) bond motifs is 7. The number of ether oxygens (including phenoxy) is 1. The van der Waals surface area contributed by atoms with Crippen LogP contribution in [0.4, 0.5) is 0 Å². The van der Waals surface area contributed by atoms with E-state index in [2.05, 4.69) is 63.1 Å². The first-order valence-electron chi connectivity index (χ1n) is 22.4. The highest BCUT2D eigenvalue weighted by Gasteiger charge is 2.71. The van der Waals surface area contributed by atoms with Crippen LogP contribution in [0.5, 0.6) is 0 Å². The predicted molar refractivity (Wildman–Crippen MR) is 229 cm³/mol. The molecule has 5 saturated carbocycles. The van der Waals surface area contributed by atoms with Gasteiger partial charge in [-0.05, 0) is 145 Å². The molecular formula is C45H77N3O8S2. The Morgan fingerprint density at radius 3 is 2.16 bits per heavy atom. The van der Waals surface area contributed by atoms with E-state index in [1.165, 1.54) is 5.57 Å². The van der Waals surface area contributed by atoms with Gasteiger partial charge in [0.2, 0.25) is 10.0 Å². The van der Waals surface area contributed by atoms with Crippen LogP contribution in [0, 0.1) is 56.7 Å². The molecule has 11 atom stereocenters. The van der Waals surface area contributed by atoms with Crippen LogP contribution in [0.25, 0.3) is 0 Å². The highest BCUT2D eigenvalue weighted by atomic mass is 32.2. The van der Waals surface area contributed by atoms with E-state index in [4.69, 9.17) is 4.74 Å². The molecule has 6 aliphatic rings. The standard InChI is InChI=1S/C45H77N3O8S2/c1-29(2)32-14-19-45(46-27-31(28-47-58(54,55)30(3)4)48-22-24-57(52,53)25-23-48)21-20-43(10)33(38(32)45)12-13-35-42(9)17-16-36(56-37(49)26-40(5,6)39(50)51)41(7,8)34(42)15-18-44(35,43)11/h30-36,38,46-47H,1,12-28H2,2-11H3,(H,50,51)/t31-,32+,33-,34+,35-,36+,38-,42+,43-,44-,45+/m1/s1. The number of nitrogens with zero attached hydrogens (tertiary/aromatic N) is 1. The van der Waals surface area contributed by atoms with Gasteiger partial charge in [0.25, 0.3) is 0 Å². The van der Waals surface area contributed by atoms with Gasteiger partial charge in [-0.2, -0.15) is 0 Å². The molecule has 332 valence electrons. The lowest BCUT2D eigenvalue weighted by Gasteiger charge is -2.73.